The predicted molar refractivity (Wildman–Crippen MR) is 88.8 cm³/mol. The number of hydrogen-bond acceptors (Lipinski definition) is 1. The molecule has 0 bridgehead atoms. The van der Waals surface area contributed by atoms with E-state index in [9.17, 15) is 0 Å². The van der Waals surface area contributed by atoms with Crippen LogP contribution in [-0.2, 0) is 0 Å². The second kappa shape index (κ2) is 17.4. The van der Waals surface area contributed by atoms with Crippen LogP contribution < -0.4 is 0 Å². The van der Waals surface area contributed by atoms with Crippen LogP contribution in [0.25, 0.3) is 0 Å². The fourth-order valence-electron chi connectivity index (χ4n) is 1.000. The van der Waals surface area contributed by atoms with Crippen LogP contribution >= 0.6 is 12.6 Å². The first-order valence-corrected chi connectivity index (χ1v) is 9.34. The Balaban J connectivity index is 0.000000205. The standard InChI is InChI=1S/4C4H8.CH4S/c4*1-2-4-3-1;1-2/h4*1-4H2;2H,1H3. The highest BCUT2D eigenvalue weighted by atomic mass is 32.1. The van der Waals surface area contributed by atoms with Gasteiger partial charge in [-0.3, -0.25) is 0 Å². The molecular formula is C17H36S. The molecule has 0 radical (unpaired) electrons. The molecule has 4 aliphatic rings. The Hall–Kier alpha value is 0.350. The van der Waals surface area contributed by atoms with Crippen LogP contribution in [0.1, 0.15) is 103 Å². The van der Waals surface area contributed by atoms with Crippen LogP contribution in [0.15, 0.2) is 0 Å². The molecule has 0 N–H and O–H groups in total. The lowest BCUT2D eigenvalue weighted by Crippen LogP contribution is -1.85. The summed E-state index contributed by atoms with van der Waals surface area (Å²) in [5.41, 5.74) is 0. The van der Waals surface area contributed by atoms with Crippen molar-refractivity contribution in [2.45, 2.75) is 103 Å². The molecule has 0 atom stereocenters. The van der Waals surface area contributed by atoms with Gasteiger partial charge < -0.3 is 0 Å². The predicted octanol–water partition coefficient (Wildman–Crippen LogP) is 6.79. The maximum atomic E-state index is 3.53. The molecule has 0 aromatic carbocycles. The number of rotatable bonds is 0. The zero-order chi connectivity index (χ0) is 13.3. The maximum absolute atomic E-state index is 3.53. The maximum Gasteiger partial charge on any atom is -0.0215 e. The van der Waals surface area contributed by atoms with E-state index >= 15 is 0 Å². The minimum absolute atomic E-state index is 1.50. The molecule has 4 fully saturated rings. The van der Waals surface area contributed by atoms with Crippen LogP contribution in [-0.4, -0.2) is 6.26 Å². The van der Waals surface area contributed by atoms with Gasteiger partial charge in [0, 0.05) is 0 Å². The third-order valence-corrected chi connectivity index (χ3v) is 4.00. The summed E-state index contributed by atoms with van der Waals surface area (Å²) in [5, 5.41) is 0. The van der Waals surface area contributed by atoms with E-state index in [4.69, 9.17) is 0 Å². The van der Waals surface area contributed by atoms with E-state index in [-0.39, 0.29) is 0 Å². The molecule has 4 saturated carbocycles. The summed E-state index contributed by atoms with van der Waals surface area (Å²) >= 11 is 3.53. The summed E-state index contributed by atoms with van der Waals surface area (Å²) in [6, 6.07) is 0. The SMILES string of the molecule is C1CCC1.C1CCC1.C1CCC1.C1CCC1.CS. The first-order valence-electron chi connectivity index (χ1n) is 8.45. The lowest BCUT2D eigenvalue weighted by Gasteiger charge is -2.05. The van der Waals surface area contributed by atoms with E-state index in [1.165, 1.54) is 103 Å². The third-order valence-electron chi connectivity index (χ3n) is 4.00. The van der Waals surface area contributed by atoms with Gasteiger partial charge in [-0.15, -0.1) is 0 Å². The topological polar surface area (TPSA) is 0 Å². The molecule has 0 aromatic rings. The third kappa shape index (κ3) is 14.4. The smallest absolute Gasteiger partial charge is 0.0215 e. The van der Waals surface area contributed by atoms with Crippen molar-refractivity contribution in [1.29, 1.82) is 0 Å². The van der Waals surface area contributed by atoms with Crippen molar-refractivity contribution >= 4 is 12.6 Å². The molecule has 0 unspecified atom stereocenters. The van der Waals surface area contributed by atoms with E-state index in [2.05, 4.69) is 12.6 Å². The first-order chi connectivity index (χ1) is 9.00. The van der Waals surface area contributed by atoms with Crippen LogP contribution in [0.5, 0.6) is 0 Å². The Kier molecular flexibility index (Phi) is 17.7. The molecule has 18 heavy (non-hydrogen) atoms. The van der Waals surface area contributed by atoms with E-state index in [1.807, 2.05) is 0 Å². The van der Waals surface area contributed by atoms with Crippen molar-refractivity contribution < 1.29 is 0 Å². The zero-order valence-corrected chi connectivity index (χ0v) is 13.7. The Morgan fingerprint density at radius 2 is 0.333 bits per heavy atom. The van der Waals surface area contributed by atoms with Crippen LogP contribution in [0.2, 0.25) is 0 Å². The van der Waals surface area contributed by atoms with Crippen LogP contribution in [0.4, 0.5) is 0 Å². The Labute approximate surface area is 122 Å². The molecule has 0 saturated heterocycles. The average Bonchev–Trinajstić information content (AvgIpc) is 1.92. The summed E-state index contributed by atoms with van der Waals surface area (Å²) in [6.45, 7) is 0. The largest absolute Gasteiger partial charge is 0.183 e. The zero-order valence-electron chi connectivity index (χ0n) is 12.8. The van der Waals surface area contributed by atoms with Crippen molar-refractivity contribution in [2.24, 2.45) is 0 Å². The summed E-state index contributed by atoms with van der Waals surface area (Å²) in [6.07, 6.45) is 25.7. The van der Waals surface area contributed by atoms with Gasteiger partial charge in [0.1, 0.15) is 0 Å². The molecule has 1 heteroatoms. The molecule has 0 spiro atoms. The van der Waals surface area contributed by atoms with E-state index in [1.54, 1.807) is 6.26 Å². The fraction of sp³-hybridized carbons (Fsp3) is 1.00. The van der Waals surface area contributed by atoms with Crippen molar-refractivity contribution in [3.8, 4) is 0 Å². The molecule has 0 heterocycles. The highest BCUT2D eigenvalue weighted by molar-refractivity contribution is 7.79. The summed E-state index contributed by atoms with van der Waals surface area (Å²) in [4.78, 5) is 0. The normalized spacial score (nSPS) is 21.7. The van der Waals surface area contributed by atoms with E-state index in [0.29, 0.717) is 0 Å². The first kappa shape index (κ1) is 18.4. The van der Waals surface area contributed by atoms with Gasteiger partial charge in [-0.05, 0) is 6.26 Å². The van der Waals surface area contributed by atoms with Gasteiger partial charge >= 0.3 is 0 Å². The van der Waals surface area contributed by atoms with Gasteiger partial charge in [0.2, 0.25) is 0 Å². The van der Waals surface area contributed by atoms with E-state index < -0.39 is 0 Å². The highest BCUT2D eigenvalue weighted by Crippen LogP contribution is 2.16. The van der Waals surface area contributed by atoms with Crippen molar-refractivity contribution in [3.05, 3.63) is 0 Å². The van der Waals surface area contributed by atoms with Gasteiger partial charge in [0.25, 0.3) is 0 Å². The molecule has 0 aliphatic heterocycles. The van der Waals surface area contributed by atoms with Crippen molar-refractivity contribution in [1.82, 2.24) is 0 Å². The molecule has 0 nitrogen and oxygen atoms in total. The molecule has 0 aromatic heterocycles. The Morgan fingerprint density at radius 1 is 0.278 bits per heavy atom. The average molecular weight is 273 g/mol. The molecule has 0 amide bonds. The lowest BCUT2D eigenvalue weighted by molar-refractivity contribution is 0.504. The quantitative estimate of drug-likeness (QED) is 0.461. The Bertz CT molecular complexity index is 69.6. The summed E-state index contributed by atoms with van der Waals surface area (Å²) in [5.74, 6) is 0. The van der Waals surface area contributed by atoms with Gasteiger partial charge in [-0.2, -0.15) is 12.6 Å². The van der Waals surface area contributed by atoms with Crippen LogP contribution in [0.3, 0.4) is 0 Å². The van der Waals surface area contributed by atoms with Gasteiger partial charge in [-0.25, -0.2) is 0 Å². The lowest BCUT2D eigenvalue weighted by atomic mass is 10.0. The Morgan fingerprint density at radius 3 is 0.333 bits per heavy atom. The molecular weight excluding hydrogens is 236 g/mol. The molecule has 4 aliphatic carbocycles. The van der Waals surface area contributed by atoms with Gasteiger partial charge in [0.15, 0.2) is 0 Å². The monoisotopic (exact) mass is 272 g/mol. The van der Waals surface area contributed by atoms with E-state index in [0.717, 1.165) is 0 Å². The fourth-order valence-corrected chi connectivity index (χ4v) is 1.000. The number of thiol groups is 1. The van der Waals surface area contributed by atoms with Crippen molar-refractivity contribution in [3.63, 3.8) is 0 Å². The van der Waals surface area contributed by atoms with Gasteiger partial charge in [-0.1, -0.05) is 103 Å². The van der Waals surface area contributed by atoms with Gasteiger partial charge in [0.05, 0.1) is 0 Å². The summed E-state index contributed by atoms with van der Waals surface area (Å²) < 4.78 is 0. The van der Waals surface area contributed by atoms with Crippen LogP contribution in [0, 0.1) is 0 Å². The molecule has 110 valence electrons. The second-order valence-corrected chi connectivity index (χ2v) is 5.66. The molecule has 4 rings (SSSR count). The number of hydrogen-bond donors (Lipinski definition) is 1. The minimum atomic E-state index is 1.50. The van der Waals surface area contributed by atoms with Crippen molar-refractivity contribution in [2.75, 3.05) is 6.26 Å². The highest BCUT2D eigenvalue weighted by Gasteiger charge is 1.96. The summed E-state index contributed by atoms with van der Waals surface area (Å²) in [7, 11) is 0. The second-order valence-electron chi connectivity index (χ2n) is 5.66. The minimum Gasteiger partial charge on any atom is -0.183 e.